The molecule has 0 radical (unpaired) electrons. The number of ether oxygens (including phenoxy) is 5. The largest absolute Gasteiger partial charge is 0.479 e. The van der Waals surface area contributed by atoms with Gasteiger partial charge in [-0.3, -0.25) is 14.4 Å². The summed E-state index contributed by atoms with van der Waals surface area (Å²) in [5, 5.41) is 31.5. The molecule has 12 nitrogen and oxygen atoms in total. The summed E-state index contributed by atoms with van der Waals surface area (Å²) in [4.78, 5) is 51.1. The minimum absolute atomic E-state index is 0.0559. The first kappa shape index (κ1) is 69.2. The van der Waals surface area contributed by atoms with Gasteiger partial charge < -0.3 is 39.0 Å². The minimum atomic E-state index is -1.91. The maximum Gasteiger partial charge on any atom is 0.335 e. The molecule has 0 aromatic rings. The van der Waals surface area contributed by atoms with Gasteiger partial charge in [0.05, 0.1) is 6.61 Å². The number of unbranched alkanes of at least 4 members (excludes halogenated alkanes) is 24. The average molecular weight is 1060 g/mol. The Kier molecular flexibility index (Phi) is 47.0. The SMILES string of the molecule is CC/C=C\C/C=C\C/C=C\C/C=C\C/C=C\CCCC(=O)OCC(COC1OC(C(=O)O)C(O)C(O)C1OC(=O)CCCCCCCCCCCCCCCCCCC)OC(=O)CCCCCCC/C=C\CCCC. The Morgan fingerprint density at radius 2 is 0.867 bits per heavy atom. The Morgan fingerprint density at radius 3 is 1.37 bits per heavy atom. The third kappa shape index (κ3) is 41.0. The fraction of sp³-hybridized carbons (Fsp3) is 0.746. The Bertz CT molecular complexity index is 1580. The molecule has 12 heteroatoms. The van der Waals surface area contributed by atoms with Crippen LogP contribution in [0.5, 0.6) is 0 Å². The summed E-state index contributed by atoms with van der Waals surface area (Å²) in [5.41, 5.74) is 0. The number of carbonyl (C=O) groups is 4. The maximum atomic E-state index is 13.1. The van der Waals surface area contributed by atoms with Crippen molar-refractivity contribution in [1.82, 2.24) is 0 Å². The topological polar surface area (TPSA) is 175 Å². The number of hydrogen-bond donors (Lipinski definition) is 3. The van der Waals surface area contributed by atoms with Crippen LogP contribution in [-0.4, -0.2) is 89.2 Å². The summed E-state index contributed by atoms with van der Waals surface area (Å²) in [6, 6.07) is 0. The van der Waals surface area contributed by atoms with E-state index in [-0.39, 0.29) is 25.9 Å². The molecule has 0 bridgehead atoms. The van der Waals surface area contributed by atoms with E-state index in [9.17, 15) is 34.5 Å². The highest BCUT2D eigenvalue weighted by Crippen LogP contribution is 2.26. The summed E-state index contributed by atoms with van der Waals surface area (Å²) in [7, 11) is 0. The third-order valence-electron chi connectivity index (χ3n) is 13.3. The smallest absolute Gasteiger partial charge is 0.335 e. The highest BCUT2D eigenvalue weighted by molar-refractivity contribution is 5.74. The first-order valence-corrected chi connectivity index (χ1v) is 29.9. The Hall–Kier alpha value is -3.84. The molecule has 1 fully saturated rings. The number of hydrogen-bond acceptors (Lipinski definition) is 11. The molecule has 1 rings (SSSR count). The van der Waals surface area contributed by atoms with Gasteiger partial charge in [-0.15, -0.1) is 0 Å². The second-order valence-electron chi connectivity index (χ2n) is 20.3. The van der Waals surface area contributed by atoms with Gasteiger partial charge in [0.1, 0.15) is 18.8 Å². The van der Waals surface area contributed by atoms with E-state index < -0.39 is 67.3 Å². The van der Waals surface area contributed by atoms with Crippen LogP contribution in [0.4, 0.5) is 0 Å². The average Bonchev–Trinajstić information content (AvgIpc) is 3.39. The Balaban J connectivity index is 2.69. The van der Waals surface area contributed by atoms with Crippen molar-refractivity contribution in [3.63, 3.8) is 0 Å². The molecule has 0 aromatic carbocycles. The lowest BCUT2D eigenvalue weighted by Crippen LogP contribution is -2.61. The number of aliphatic carboxylic acids is 1. The predicted octanol–water partition coefficient (Wildman–Crippen LogP) is 15.3. The van der Waals surface area contributed by atoms with E-state index in [1.165, 1.54) is 89.9 Å². The van der Waals surface area contributed by atoms with Crippen LogP contribution in [0.15, 0.2) is 72.9 Å². The van der Waals surface area contributed by atoms with Crippen molar-refractivity contribution in [2.45, 2.75) is 289 Å². The number of allylic oxidation sites excluding steroid dienone is 12. The second-order valence-corrected chi connectivity index (χ2v) is 20.3. The molecule has 0 saturated carbocycles. The molecule has 1 aliphatic rings. The van der Waals surface area contributed by atoms with Crippen LogP contribution in [0.2, 0.25) is 0 Å². The molecule has 6 unspecified atom stereocenters. The summed E-state index contributed by atoms with van der Waals surface area (Å²) >= 11 is 0. The van der Waals surface area contributed by atoms with Gasteiger partial charge >= 0.3 is 23.9 Å². The van der Waals surface area contributed by atoms with E-state index in [0.29, 0.717) is 25.7 Å². The zero-order valence-electron chi connectivity index (χ0n) is 47.3. The molecule has 0 aromatic heterocycles. The predicted molar refractivity (Wildman–Crippen MR) is 303 cm³/mol. The molecule has 430 valence electrons. The van der Waals surface area contributed by atoms with Gasteiger partial charge in [-0.1, -0.05) is 229 Å². The van der Waals surface area contributed by atoms with Crippen LogP contribution in [0.3, 0.4) is 0 Å². The van der Waals surface area contributed by atoms with Crippen LogP contribution in [0, 0.1) is 0 Å². The number of esters is 3. The van der Waals surface area contributed by atoms with Gasteiger partial charge in [0, 0.05) is 19.3 Å². The Morgan fingerprint density at radius 1 is 0.453 bits per heavy atom. The lowest BCUT2D eigenvalue weighted by molar-refractivity contribution is -0.301. The van der Waals surface area contributed by atoms with Crippen molar-refractivity contribution in [2.75, 3.05) is 13.2 Å². The fourth-order valence-corrected chi connectivity index (χ4v) is 8.68. The molecular weight excluding hydrogens is 949 g/mol. The Labute approximate surface area is 455 Å². The quantitative estimate of drug-likeness (QED) is 0.0228. The van der Waals surface area contributed by atoms with Crippen molar-refractivity contribution < 1.29 is 58.2 Å². The van der Waals surface area contributed by atoms with Gasteiger partial charge in [-0.05, 0) is 77.0 Å². The van der Waals surface area contributed by atoms with Gasteiger partial charge in [-0.2, -0.15) is 0 Å². The number of carboxylic acid groups (broad SMARTS) is 1. The van der Waals surface area contributed by atoms with Crippen LogP contribution < -0.4 is 0 Å². The van der Waals surface area contributed by atoms with Crippen LogP contribution in [0.1, 0.15) is 252 Å². The lowest BCUT2D eigenvalue weighted by atomic mass is 9.98. The molecule has 1 saturated heterocycles. The van der Waals surface area contributed by atoms with Crippen molar-refractivity contribution in [2.24, 2.45) is 0 Å². The summed E-state index contributed by atoms with van der Waals surface area (Å²) < 4.78 is 28.4. The summed E-state index contributed by atoms with van der Waals surface area (Å²) in [5.74, 6) is -3.20. The van der Waals surface area contributed by atoms with Gasteiger partial charge in [0.25, 0.3) is 0 Å². The molecule has 0 spiro atoms. The van der Waals surface area contributed by atoms with Gasteiger partial charge in [-0.25, -0.2) is 4.79 Å². The van der Waals surface area contributed by atoms with Gasteiger partial charge in [0.15, 0.2) is 24.6 Å². The monoisotopic (exact) mass is 1050 g/mol. The molecule has 3 N–H and O–H groups in total. The van der Waals surface area contributed by atoms with Crippen molar-refractivity contribution >= 4 is 23.9 Å². The fourth-order valence-electron chi connectivity index (χ4n) is 8.68. The zero-order chi connectivity index (χ0) is 54.7. The van der Waals surface area contributed by atoms with Gasteiger partial charge in [0.2, 0.25) is 0 Å². The number of aliphatic hydroxyl groups is 2. The van der Waals surface area contributed by atoms with E-state index in [1.54, 1.807) is 0 Å². The number of carboxylic acids is 1. The van der Waals surface area contributed by atoms with E-state index in [1.807, 2.05) is 6.08 Å². The van der Waals surface area contributed by atoms with E-state index in [4.69, 9.17) is 23.7 Å². The standard InChI is InChI=1S/C63H106O12/c1-4-7-10-13-16-19-22-24-26-28-30-32-35-37-40-43-46-49-55(64)71-52-54(73-56(65)50-47-44-41-38-34-21-18-15-12-9-6-3)53-72-63-61(59(68)58(67)60(75-63)62(69)70)74-57(66)51-48-45-42-39-36-33-31-29-27-25-23-20-17-14-11-8-5-2/h7,10,15-16,18-19,24,26,30,32,37,40,54,58-61,63,67-68H,4-6,8-9,11-14,17,20-23,25,27-29,31,33-36,38-39,41-53H2,1-3H3,(H,69,70)/b10-7-,18-15-,19-16-,26-24-,32-30-,40-37-. The highest BCUT2D eigenvalue weighted by atomic mass is 16.7. The zero-order valence-corrected chi connectivity index (χ0v) is 47.3. The van der Waals surface area contributed by atoms with Crippen molar-refractivity contribution in [1.29, 1.82) is 0 Å². The highest BCUT2D eigenvalue weighted by Gasteiger charge is 2.50. The second kappa shape index (κ2) is 50.9. The van der Waals surface area contributed by atoms with Crippen molar-refractivity contribution in [3.8, 4) is 0 Å². The normalized spacial score (nSPS) is 18.7. The molecule has 6 atom stereocenters. The molecule has 75 heavy (non-hydrogen) atoms. The third-order valence-corrected chi connectivity index (χ3v) is 13.3. The maximum absolute atomic E-state index is 13.1. The minimum Gasteiger partial charge on any atom is -0.479 e. The van der Waals surface area contributed by atoms with Crippen LogP contribution in [0.25, 0.3) is 0 Å². The van der Waals surface area contributed by atoms with E-state index in [0.717, 1.165) is 96.3 Å². The number of rotatable bonds is 50. The lowest BCUT2D eigenvalue weighted by Gasteiger charge is -2.40. The van der Waals surface area contributed by atoms with Crippen LogP contribution >= 0.6 is 0 Å². The molecular formula is C63H106O12. The number of carbonyl (C=O) groups excluding carboxylic acids is 3. The first-order valence-electron chi connectivity index (χ1n) is 29.9. The van der Waals surface area contributed by atoms with Crippen LogP contribution in [-0.2, 0) is 42.9 Å². The molecule has 0 amide bonds. The van der Waals surface area contributed by atoms with Crippen molar-refractivity contribution in [3.05, 3.63) is 72.9 Å². The first-order chi connectivity index (χ1) is 36.6. The number of aliphatic hydroxyl groups excluding tert-OH is 2. The molecule has 0 aliphatic carbocycles. The summed E-state index contributed by atoms with van der Waals surface area (Å²) in [6.07, 6.45) is 51.7. The van der Waals surface area contributed by atoms with E-state index >= 15 is 0 Å². The van der Waals surface area contributed by atoms with E-state index in [2.05, 4.69) is 87.6 Å². The molecule has 1 aliphatic heterocycles. The molecule has 1 heterocycles. The summed E-state index contributed by atoms with van der Waals surface area (Å²) in [6.45, 7) is 5.79.